The molecule has 0 unspecified atom stereocenters. The Balaban J connectivity index is 2.34. The molecule has 0 fully saturated rings. The predicted octanol–water partition coefficient (Wildman–Crippen LogP) is 2.65. The summed E-state index contributed by atoms with van der Waals surface area (Å²) in [5.74, 6) is 0.562. The predicted molar refractivity (Wildman–Crippen MR) is 85.0 cm³/mol. The summed E-state index contributed by atoms with van der Waals surface area (Å²) in [7, 11) is 3.67. The van der Waals surface area contributed by atoms with E-state index in [1.165, 1.54) is 12.1 Å². The van der Waals surface area contributed by atoms with Crippen molar-refractivity contribution in [1.29, 1.82) is 0 Å². The molecule has 0 radical (unpaired) electrons. The second-order valence-corrected chi connectivity index (χ2v) is 4.93. The van der Waals surface area contributed by atoms with Crippen molar-refractivity contribution in [3.63, 3.8) is 0 Å². The lowest BCUT2D eigenvalue weighted by molar-refractivity contribution is 0.135. The van der Waals surface area contributed by atoms with Crippen molar-refractivity contribution in [3.8, 4) is 0 Å². The lowest BCUT2D eigenvalue weighted by atomic mass is 10.2. The molecule has 0 spiro atoms. The van der Waals surface area contributed by atoms with Gasteiger partial charge < -0.3 is 15.0 Å². The Kier molecular flexibility index (Phi) is 8.43. The van der Waals surface area contributed by atoms with Gasteiger partial charge in [0, 0.05) is 33.8 Å². The normalized spacial score (nSPS) is 11.5. The van der Waals surface area contributed by atoms with Crippen LogP contribution >= 0.6 is 0 Å². The van der Waals surface area contributed by atoms with Crippen LogP contribution in [0.3, 0.4) is 0 Å². The summed E-state index contributed by atoms with van der Waals surface area (Å²) in [4.78, 5) is 6.18. The Morgan fingerprint density at radius 2 is 2.19 bits per heavy atom. The fourth-order valence-electron chi connectivity index (χ4n) is 1.95. The topological polar surface area (TPSA) is 36.9 Å². The fourth-order valence-corrected chi connectivity index (χ4v) is 1.95. The first-order valence-corrected chi connectivity index (χ1v) is 7.41. The molecule has 4 nitrogen and oxygen atoms in total. The number of rotatable bonds is 8. The van der Waals surface area contributed by atoms with Gasteiger partial charge in [0.2, 0.25) is 0 Å². The quantitative estimate of drug-likeness (QED) is 0.455. The lowest BCUT2D eigenvalue weighted by Gasteiger charge is -2.22. The smallest absolute Gasteiger partial charge is 0.193 e. The summed E-state index contributed by atoms with van der Waals surface area (Å²) in [5, 5.41) is 3.24. The number of ether oxygens (including phenoxy) is 1. The largest absolute Gasteiger partial charge is 0.380 e. The van der Waals surface area contributed by atoms with Crippen molar-refractivity contribution in [2.75, 3.05) is 33.9 Å². The van der Waals surface area contributed by atoms with E-state index in [-0.39, 0.29) is 5.82 Å². The lowest BCUT2D eigenvalue weighted by Crippen LogP contribution is -2.40. The third-order valence-electron chi connectivity index (χ3n) is 3.05. The monoisotopic (exact) mass is 295 g/mol. The number of hydrogen-bond donors (Lipinski definition) is 1. The zero-order valence-corrected chi connectivity index (χ0v) is 13.2. The third kappa shape index (κ3) is 7.09. The first kappa shape index (κ1) is 17.4. The van der Waals surface area contributed by atoms with Crippen LogP contribution in [0.5, 0.6) is 0 Å². The van der Waals surface area contributed by atoms with Gasteiger partial charge in [-0.2, -0.15) is 0 Å². The van der Waals surface area contributed by atoms with Gasteiger partial charge in [-0.05, 0) is 24.1 Å². The number of nitrogens with one attached hydrogen (secondary N) is 1. The summed E-state index contributed by atoms with van der Waals surface area (Å²) in [5.41, 5.74) is 0.916. The van der Waals surface area contributed by atoms with Crippen LogP contribution in [0.4, 0.5) is 4.39 Å². The molecule has 21 heavy (non-hydrogen) atoms. The van der Waals surface area contributed by atoms with E-state index in [0.29, 0.717) is 19.7 Å². The van der Waals surface area contributed by atoms with Gasteiger partial charge >= 0.3 is 0 Å². The van der Waals surface area contributed by atoms with E-state index in [9.17, 15) is 4.39 Å². The van der Waals surface area contributed by atoms with Crippen molar-refractivity contribution in [2.24, 2.45) is 4.99 Å². The molecule has 0 heterocycles. The molecule has 1 aromatic rings. The Morgan fingerprint density at radius 1 is 1.38 bits per heavy atom. The van der Waals surface area contributed by atoms with Gasteiger partial charge in [-0.1, -0.05) is 25.5 Å². The molecule has 0 atom stereocenters. The Morgan fingerprint density at radius 3 is 2.86 bits per heavy atom. The van der Waals surface area contributed by atoms with Crippen molar-refractivity contribution in [1.82, 2.24) is 10.2 Å². The highest BCUT2D eigenvalue weighted by molar-refractivity contribution is 5.79. The highest BCUT2D eigenvalue weighted by atomic mass is 19.1. The van der Waals surface area contributed by atoms with E-state index >= 15 is 0 Å². The molecule has 0 aromatic heterocycles. The zero-order valence-electron chi connectivity index (χ0n) is 13.2. The minimum absolute atomic E-state index is 0.215. The second kappa shape index (κ2) is 10.2. The molecule has 1 N–H and O–H groups in total. The number of benzene rings is 1. The van der Waals surface area contributed by atoms with Crippen molar-refractivity contribution >= 4 is 5.96 Å². The molecule has 0 amide bonds. The summed E-state index contributed by atoms with van der Waals surface area (Å²) < 4.78 is 18.7. The maximum atomic E-state index is 13.2. The van der Waals surface area contributed by atoms with E-state index < -0.39 is 0 Å². The molecule has 118 valence electrons. The standard InChI is InChI=1S/C16H26FN3O/c1-4-5-10-21-11-9-19-16(18-2)20(3)13-14-7-6-8-15(17)12-14/h6-8,12H,4-5,9-11,13H2,1-3H3,(H,18,19). The summed E-state index contributed by atoms with van der Waals surface area (Å²) in [6.07, 6.45) is 2.24. The number of unbranched alkanes of at least 4 members (excludes halogenated alkanes) is 1. The van der Waals surface area contributed by atoms with Crippen molar-refractivity contribution in [3.05, 3.63) is 35.6 Å². The average molecular weight is 295 g/mol. The van der Waals surface area contributed by atoms with Crippen LogP contribution in [0.1, 0.15) is 25.3 Å². The molecule has 0 bridgehead atoms. The van der Waals surface area contributed by atoms with Crippen LogP contribution in [-0.4, -0.2) is 44.7 Å². The van der Waals surface area contributed by atoms with Gasteiger partial charge in [0.25, 0.3) is 0 Å². The summed E-state index contributed by atoms with van der Waals surface area (Å²) in [6, 6.07) is 6.61. The molecule has 0 aliphatic heterocycles. The van der Waals surface area contributed by atoms with E-state index in [0.717, 1.165) is 31.0 Å². The molecule has 0 aliphatic rings. The first-order chi connectivity index (χ1) is 10.2. The highest BCUT2D eigenvalue weighted by Crippen LogP contribution is 2.06. The zero-order chi connectivity index (χ0) is 15.5. The van der Waals surface area contributed by atoms with Gasteiger partial charge in [0.1, 0.15) is 5.82 Å². The number of hydrogen-bond acceptors (Lipinski definition) is 2. The average Bonchev–Trinajstić information content (AvgIpc) is 2.46. The molecule has 0 saturated heterocycles. The van der Waals surface area contributed by atoms with Crippen LogP contribution in [0.25, 0.3) is 0 Å². The van der Waals surface area contributed by atoms with Crippen LogP contribution in [-0.2, 0) is 11.3 Å². The van der Waals surface area contributed by atoms with Gasteiger partial charge in [0.15, 0.2) is 5.96 Å². The first-order valence-electron chi connectivity index (χ1n) is 7.41. The number of nitrogens with zero attached hydrogens (tertiary/aromatic N) is 2. The van der Waals surface area contributed by atoms with E-state index in [1.807, 2.05) is 18.0 Å². The second-order valence-electron chi connectivity index (χ2n) is 4.93. The van der Waals surface area contributed by atoms with Crippen LogP contribution in [0.15, 0.2) is 29.3 Å². The molecular formula is C16H26FN3O. The molecular weight excluding hydrogens is 269 g/mol. The SMILES string of the molecule is CCCCOCCNC(=NC)N(C)Cc1cccc(F)c1. The van der Waals surface area contributed by atoms with Gasteiger partial charge in [-0.25, -0.2) is 4.39 Å². The van der Waals surface area contributed by atoms with E-state index in [1.54, 1.807) is 13.1 Å². The molecule has 1 aromatic carbocycles. The van der Waals surface area contributed by atoms with Crippen molar-refractivity contribution in [2.45, 2.75) is 26.3 Å². The van der Waals surface area contributed by atoms with Crippen LogP contribution in [0, 0.1) is 5.82 Å². The molecule has 0 saturated carbocycles. The Hall–Kier alpha value is -1.62. The number of guanidine groups is 1. The minimum atomic E-state index is -0.215. The van der Waals surface area contributed by atoms with Gasteiger partial charge in [-0.15, -0.1) is 0 Å². The Bertz CT molecular complexity index is 437. The Labute approximate surface area is 127 Å². The fraction of sp³-hybridized carbons (Fsp3) is 0.562. The minimum Gasteiger partial charge on any atom is -0.380 e. The summed E-state index contributed by atoms with van der Waals surface area (Å²) in [6.45, 7) is 4.92. The summed E-state index contributed by atoms with van der Waals surface area (Å²) >= 11 is 0. The molecule has 5 heteroatoms. The van der Waals surface area contributed by atoms with Crippen LogP contribution in [0.2, 0.25) is 0 Å². The number of halogens is 1. The molecule has 1 rings (SSSR count). The van der Waals surface area contributed by atoms with Crippen LogP contribution < -0.4 is 5.32 Å². The van der Waals surface area contributed by atoms with E-state index in [2.05, 4.69) is 17.2 Å². The maximum Gasteiger partial charge on any atom is 0.193 e. The highest BCUT2D eigenvalue weighted by Gasteiger charge is 2.06. The molecule has 0 aliphatic carbocycles. The maximum absolute atomic E-state index is 13.2. The van der Waals surface area contributed by atoms with Crippen molar-refractivity contribution < 1.29 is 9.13 Å². The number of aliphatic imine (C=N–C) groups is 1. The third-order valence-corrected chi connectivity index (χ3v) is 3.05. The van der Waals surface area contributed by atoms with E-state index in [4.69, 9.17) is 4.74 Å². The van der Waals surface area contributed by atoms with Gasteiger partial charge in [0.05, 0.1) is 6.61 Å². The van der Waals surface area contributed by atoms with Gasteiger partial charge in [-0.3, -0.25) is 4.99 Å².